The topological polar surface area (TPSA) is 91.7 Å². The first-order valence-corrected chi connectivity index (χ1v) is 12.0. The van der Waals surface area contributed by atoms with Crippen molar-refractivity contribution in [2.24, 2.45) is 5.92 Å². The lowest BCUT2D eigenvalue weighted by Gasteiger charge is -2.37. The monoisotopic (exact) mass is 485 g/mol. The average molecular weight is 486 g/mol. The van der Waals surface area contributed by atoms with Gasteiger partial charge in [0.2, 0.25) is 5.88 Å². The number of amides is 1. The van der Waals surface area contributed by atoms with E-state index in [1.165, 1.54) is 0 Å². The zero-order chi connectivity index (χ0) is 25.5. The summed E-state index contributed by atoms with van der Waals surface area (Å²) in [6, 6.07) is 10.9. The Morgan fingerprint density at radius 2 is 2.00 bits per heavy atom. The van der Waals surface area contributed by atoms with Crippen molar-refractivity contribution in [3.8, 4) is 17.7 Å². The quantitative estimate of drug-likeness (QED) is 0.537. The summed E-state index contributed by atoms with van der Waals surface area (Å²) in [7, 11) is 2.04. The molecule has 0 aliphatic carbocycles. The SMILES string of the molecule is C[C@@H]1CN([C@H](C)CO)C(=O)c2cc(C#Cc3ccccn3)cnc2O[C@H]1CN(C)Cc1ccncc1. The molecule has 0 unspecified atom stereocenters. The molecule has 3 aromatic rings. The van der Waals surface area contributed by atoms with Gasteiger partial charge in [-0.25, -0.2) is 9.97 Å². The molecule has 0 bridgehead atoms. The molecule has 0 radical (unpaired) electrons. The van der Waals surface area contributed by atoms with E-state index in [-0.39, 0.29) is 36.5 Å². The lowest BCUT2D eigenvalue weighted by atomic mass is 9.99. The van der Waals surface area contributed by atoms with Gasteiger partial charge in [-0.3, -0.25) is 14.7 Å². The molecule has 3 atom stereocenters. The molecule has 0 fully saturated rings. The summed E-state index contributed by atoms with van der Waals surface area (Å²) in [4.78, 5) is 30.2. The number of rotatable bonds is 6. The van der Waals surface area contributed by atoms with E-state index in [4.69, 9.17) is 4.74 Å². The van der Waals surface area contributed by atoms with Gasteiger partial charge in [-0.1, -0.05) is 18.9 Å². The fourth-order valence-electron chi connectivity index (χ4n) is 4.13. The number of carbonyl (C=O) groups excluding carboxylic acids is 1. The summed E-state index contributed by atoms with van der Waals surface area (Å²) in [5.74, 6) is 6.12. The van der Waals surface area contributed by atoms with Crippen molar-refractivity contribution in [3.05, 3.63) is 83.6 Å². The van der Waals surface area contributed by atoms with Crippen LogP contribution in [0, 0.1) is 17.8 Å². The Kier molecular flexibility index (Phi) is 8.26. The van der Waals surface area contributed by atoms with Crippen molar-refractivity contribution in [2.75, 3.05) is 26.7 Å². The summed E-state index contributed by atoms with van der Waals surface area (Å²) < 4.78 is 6.37. The molecule has 186 valence electrons. The largest absolute Gasteiger partial charge is 0.472 e. The van der Waals surface area contributed by atoms with E-state index < -0.39 is 0 Å². The second kappa shape index (κ2) is 11.8. The molecule has 0 aromatic carbocycles. The first-order chi connectivity index (χ1) is 17.4. The lowest BCUT2D eigenvalue weighted by molar-refractivity contribution is 0.0325. The van der Waals surface area contributed by atoms with E-state index in [0.717, 1.165) is 12.1 Å². The number of hydrogen-bond acceptors (Lipinski definition) is 7. The van der Waals surface area contributed by atoms with Crippen molar-refractivity contribution in [3.63, 3.8) is 0 Å². The van der Waals surface area contributed by atoms with E-state index in [1.807, 2.05) is 44.3 Å². The molecule has 1 amide bonds. The van der Waals surface area contributed by atoms with Crippen LogP contribution in [-0.2, 0) is 6.54 Å². The van der Waals surface area contributed by atoms with Crippen LogP contribution in [0.5, 0.6) is 5.88 Å². The second-order valence-corrected chi connectivity index (χ2v) is 9.22. The predicted octanol–water partition coefficient (Wildman–Crippen LogP) is 2.62. The van der Waals surface area contributed by atoms with Crippen LogP contribution in [0.1, 0.15) is 41.0 Å². The molecule has 1 aliphatic heterocycles. The lowest BCUT2D eigenvalue weighted by Crippen LogP contribution is -2.49. The molecule has 8 nitrogen and oxygen atoms in total. The molecule has 1 N–H and O–H groups in total. The van der Waals surface area contributed by atoms with Gasteiger partial charge in [0.1, 0.15) is 17.4 Å². The molecule has 8 heteroatoms. The minimum absolute atomic E-state index is 0.0152. The number of fused-ring (bicyclic) bond motifs is 1. The number of nitrogens with zero attached hydrogens (tertiary/aromatic N) is 5. The maximum Gasteiger partial charge on any atom is 0.259 e. The van der Waals surface area contributed by atoms with Gasteiger partial charge >= 0.3 is 0 Å². The van der Waals surface area contributed by atoms with E-state index in [9.17, 15) is 9.90 Å². The summed E-state index contributed by atoms with van der Waals surface area (Å²) >= 11 is 0. The van der Waals surface area contributed by atoms with E-state index in [2.05, 4.69) is 38.6 Å². The molecule has 3 aromatic heterocycles. The maximum atomic E-state index is 13.5. The third-order valence-electron chi connectivity index (χ3n) is 6.21. The fraction of sp³-hybridized carbons (Fsp3) is 0.357. The highest BCUT2D eigenvalue weighted by atomic mass is 16.5. The van der Waals surface area contributed by atoms with Crippen LogP contribution in [0.2, 0.25) is 0 Å². The van der Waals surface area contributed by atoms with Crippen LogP contribution < -0.4 is 4.74 Å². The second-order valence-electron chi connectivity index (χ2n) is 9.22. The van der Waals surface area contributed by atoms with Crippen molar-refractivity contribution in [1.82, 2.24) is 24.8 Å². The highest BCUT2D eigenvalue weighted by Gasteiger charge is 2.34. The van der Waals surface area contributed by atoms with Gasteiger partial charge < -0.3 is 14.7 Å². The first-order valence-electron chi connectivity index (χ1n) is 12.0. The summed E-state index contributed by atoms with van der Waals surface area (Å²) in [5, 5.41) is 9.86. The molecule has 4 heterocycles. The minimum Gasteiger partial charge on any atom is -0.472 e. The normalized spacial score (nSPS) is 18.4. The van der Waals surface area contributed by atoms with Crippen molar-refractivity contribution in [2.45, 2.75) is 32.5 Å². The van der Waals surface area contributed by atoms with Gasteiger partial charge in [-0.15, -0.1) is 0 Å². The number of pyridine rings is 3. The highest BCUT2D eigenvalue weighted by Crippen LogP contribution is 2.27. The van der Waals surface area contributed by atoms with E-state index >= 15 is 0 Å². The molecule has 0 spiro atoms. The first kappa shape index (κ1) is 25.3. The Bertz CT molecular complexity index is 1230. The van der Waals surface area contributed by atoms with Crippen molar-refractivity contribution >= 4 is 5.91 Å². The molecular formula is C28H31N5O3. The van der Waals surface area contributed by atoms with Gasteiger partial charge in [0, 0.05) is 55.9 Å². The standard InChI is InChI=1S/C28H31N5O3/c1-20-16-33(21(2)19-34)28(35)25-14-23(7-8-24-6-4-5-11-30-24)15-31-27(25)36-26(20)18-32(3)17-22-9-12-29-13-10-22/h4-6,9-15,20-21,26,34H,16-19H2,1-3H3/t20-,21-,26+/m1/s1. The summed E-state index contributed by atoms with van der Waals surface area (Å²) in [6.07, 6.45) is 6.65. The van der Waals surface area contributed by atoms with Gasteiger partial charge in [0.15, 0.2) is 0 Å². The predicted molar refractivity (Wildman–Crippen MR) is 136 cm³/mol. The number of carbonyl (C=O) groups is 1. The zero-order valence-electron chi connectivity index (χ0n) is 20.8. The molecule has 4 rings (SSSR count). The molecule has 0 saturated heterocycles. The number of ether oxygens (including phenoxy) is 1. The Morgan fingerprint density at radius 3 is 2.72 bits per heavy atom. The van der Waals surface area contributed by atoms with Gasteiger partial charge in [-0.2, -0.15) is 0 Å². The van der Waals surface area contributed by atoms with Crippen LogP contribution in [0.15, 0.2) is 61.2 Å². The van der Waals surface area contributed by atoms with E-state index in [1.54, 1.807) is 35.8 Å². The Morgan fingerprint density at radius 1 is 1.19 bits per heavy atom. The smallest absolute Gasteiger partial charge is 0.259 e. The van der Waals surface area contributed by atoms with Crippen LogP contribution in [0.3, 0.4) is 0 Å². The van der Waals surface area contributed by atoms with Crippen molar-refractivity contribution < 1.29 is 14.6 Å². The third-order valence-corrected chi connectivity index (χ3v) is 6.21. The highest BCUT2D eigenvalue weighted by molar-refractivity contribution is 5.97. The van der Waals surface area contributed by atoms with Crippen molar-refractivity contribution in [1.29, 1.82) is 0 Å². The zero-order valence-corrected chi connectivity index (χ0v) is 20.8. The summed E-state index contributed by atoms with van der Waals surface area (Å²) in [6.45, 7) is 5.61. The van der Waals surface area contributed by atoms with Crippen LogP contribution in [0.25, 0.3) is 0 Å². The number of hydrogen-bond donors (Lipinski definition) is 1. The van der Waals surface area contributed by atoms with Crippen LogP contribution in [0.4, 0.5) is 0 Å². The Hall–Kier alpha value is -3.80. The molecule has 1 aliphatic rings. The van der Waals surface area contributed by atoms with Gasteiger partial charge in [0.05, 0.1) is 12.6 Å². The van der Waals surface area contributed by atoms with E-state index in [0.29, 0.717) is 29.9 Å². The van der Waals surface area contributed by atoms with Gasteiger partial charge in [0.25, 0.3) is 5.91 Å². The molecule has 36 heavy (non-hydrogen) atoms. The number of likely N-dealkylation sites (N-methyl/N-ethyl adjacent to an activating group) is 1. The Labute approximate surface area is 212 Å². The molecular weight excluding hydrogens is 454 g/mol. The fourth-order valence-corrected chi connectivity index (χ4v) is 4.13. The maximum absolute atomic E-state index is 13.5. The number of aliphatic hydroxyl groups excluding tert-OH is 1. The minimum atomic E-state index is -0.343. The average Bonchev–Trinajstić information content (AvgIpc) is 2.90. The van der Waals surface area contributed by atoms with Crippen LogP contribution >= 0.6 is 0 Å². The summed E-state index contributed by atoms with van der Waals surface area (Å²) in [5.41, 5.74) is 2.73. The van der Waals surface area contributed by atoms with Gasteiger partial charge in [-0.05, 0) is 55.8 Å². The number of aliphatic hydroxyl groups is 1. The third kappa shape index (κ3) is 6.25. The van der Waals surface area contributed by atoms with Crippen LogP contribution in [-0.4, -0.2) is 74.7 Å². The molecule has 0 saturated carbocycles. The number of aromatic nitrogens is 3. The Balaban J connectivity index is 1.63.